The Morgan fingerprint density at radius 2 is 2.14 bits per heavy atom. The fraction of sp³-hybridized carbons (Fsp3) is 0.133. The molecule has 1 N–H and O–H groups in total. The highest BCUT2D eigenvalue weighted by molar-refractivity contribution is 5.91. The minimum atomic E-state index is -0.225. The van der Waals surface area contributed by atoms with Crippen LogP contribution in [0.1, 0.15) is 10.6 Å². The fourth-order valence-corrected chi connectivity index (χ4v) is 1.92. The van der Waals surface area contributed by atoms with E-state index in [4.69, 9.17) is 4.42 Å². The number of amides is 1. The third-order valence-corrected chi connectivity index (χ3v) is 2.94. The standard InChI is InChI=1S/C15H14N4O2/c20-15(14-5-3-11-21-14)17-8-10-19-9-6-13(18-19)12-4-1-2-7-16-12/h1-7,9,11H,8,10H2,(H,17,20). The molecule has 3 aromatic heterocycles. The van der Waals surface area contributed by atoms with Crippen molar-refractivity contribution < 1.29 is 9.21 Å². The number of hydrogen-bond donors (Lipinski definition) is 1. The lowest BCUT2D eigenvalue weighted by Crippen LogP contribution is -2.27. The number of carbonyl (C=O) groups is 1. The van der Waals surface area contributed by atoms with E-state index in [9.17, 15) is 4.79 Å². The zero-order chi connectivity index (χ0) is 14.5. The number of hydrogen-bond acceptors (Lipinski definition) is 4. The lowest BCUT2D eigenvalue weighted by atomic mass is 10.3. The largest absolute Gasteiger partial charge is 0.459 e. The van der Waals surface area contributed by atoms with Crippen LogP contribution >= 0.6 is 0 Å². The van der Waals surface area contributed by atoms with Crippen molar-refractivity contribution in [2.75, 3.05) is 6.54 Å². The topological polar surface area (TPSA) is 73.0 Å². The molecule has 0 radical (unpaired) electrons. The Hall–Kier alpha value is -2.89. The second kappa shape index (κ2) is 6.04. The van der Waals surface area contributed by atoms with Crippen molar-refractivity contribution in [1.82, 2.24) is 20.1 Å². The number of rotatable bonds is 5. The molecule has 0 saturated carbocycles. The van der Waals surface area contributed by atoms with Gasteiger partial charge in [-0.1, -0.05) is 6.07 Å². The molecule has 0 unspecified atom stereocenters. The fourth-order valence-electron chi connectivity index (χ4n) is 1.92. The Morgan fingerprint density at radius 3 is 2.90 bits per heavy atom. The van der Waals surface area contributed by atoms with E-state index in [-0.39, 0.29) is 5.91 Å². The van der Waals surface area contributed by atoms with Crippen LogP contribution in [-0.4, -0.2) is 27.2 Å². The van der Waals surface area contributed by atoms with E-state index in [0.29, 0.717) is 18.8 Å². The van der Waals surface area contributed by atoms with E-state index >= 15 is 0 Å². The van der Waals surface area contributed by atoms with Gasteiger partial charge in [-0.2, -0.15) is 5.10 Å². The van der Waals surface area contributed by atoms with Crippen LogP contribution in [-0.2, 0) is 6.54 Å². The Bertz CT molecular complexity index is 704. The van der Waals surface area contributed by atoms with Crippen LogP contribution in [0, 0.1) is 0 Å². The molecule has 6 heteroatoms. The first kappa shape index (κ1) is 13.1. The summed E-state index contributed by atoms with van der Waals surface area (Å²) in [5, 5.41) is 7.19. The van der Waals surface area contributed by atoms with Crippen LogP contribution in [0.15, 0.2) is 59.5 Å². The summed E-state index contributed by atoms with van der Waals surface area (Å²) in [6, 6.07) is 10.9. The van der Waals surface area contributed by atoms with Gasteiger partial charge >= 0.3 is 0 Å². The number of carbonyl (C=O) groups excluding carboxylic acids is 1. The van der Waals surface area contributed by atoms with Crippen molar-refractivity contribution in [2.24, 2.45) is 0 Å². The molecule has 106 valence electrons. The van der Waals surface area contributed by atoms with Crippen molar-refractivity contribution >= 4 is 5.91 Å². The molecule has 3 rings (SSSR count). The lowest BCUT2D eigenvalue weighted by molar-refractivity contribution is 0.0924. The van der Waals surface area contributed by atoms with Gasteiger partial charge in [0, 0.05) is 18.9 Å². The van der Waals surface area contributed by atoms with Crippen molar-refractivity contribution in [3.63, 3.8) is 0 Å². The summed E-state index contributed by atoms with van der Waals surface area (Å²) >= 11 is 0. The summed E-state index contributed by atoms with van der Waals surface area (Å²) in [6.07, 6.45) is 5.07. The first-order valence-corrected chi connectivity index (χ1v) is 6.59. The smallest absolute Gasteiger partial charge is 0.287 e. The highest BCUT2D eigenvalue weighted by atomic mass is 16.3. The Balaban J connectivity index is 1.55. The summed E-state index contributed by atoms with van der Waals surface area (Å²) in [7, 11) is 0. The van der Waals surface area contributed by atoms with Gasteiger partial charge in [0.15, 0.2) is 5.76 Å². The Kier molecular flexibility index (Phi) is 3.77. The minimum Gasteiger partial charge on any atom is -0.459 e. The molecule has 6 nitrogen and oxygen atoms in total. The maximum absolute atomic E-state index is 11.7. The van der Waals surface area contributed by atoms with Gasteiger partial charge in [-0.15, -0.1) is 0 Å². The van der Waals surface area contributed by atoms with Gasteiger partial charge in [-0.05, 0) is 30.3 Å². The average Bonchev–Trinajstić information content (AvgIpc) is 3.20. The number of nitrogens with zero attached hydrogens (tertiary/aromatic N) is 3. The van der Waals surface area contributed by atoms with E-state index in [0.717, 1.165) is 11.4 Å². The van der Waals surface area contributed by atoms with Gasteiger partial charge in [0.05, 0.1) is 18.5 Å². The predicted octanol–water partition coefficient (Wildman–Crippen LogP) is 1.97. The summed E-state index contributed by atoms with van der Waals surface area (Å²) in [5.41, 5.74) is 1.64. The molecule has 3 heterocycles. The lowest BCUT2D eigenvalue weighted by Gasteiger charge is -2.03. The third kappa shape index (κ3) is 3.17. The second-order valence-corrected chi connectivity index (χ2v) is 4.41. The minimum absolute atomic E-state index is 0.225. The number of pyridine rings is 1. The van der Waals surface area contributed by atoms with Crippen LogP contribution in [0.3, 0.4) is 0 Å². The molecular weight excluding hydrogens is 268 g/mol. The van der Waals surface area contributed by atoms with Gasteiger partial charge in [-0.3, -0.25) is 14.5 Å². The quantitative estimate of drug-likeness (QED) is 0.776. The molecule has 21 heavy (non-hydrogen) atoms. The zero-order valence-corrected chi connectivity index (χ0v) is 11.3. The van der Waals surface area contributed by atoms with Crippen LogP contribution < -0.4 is 5.32 Å². The normalized spacial score (nSPS) is 10.5. The van der Waals surface area contributed by atoms with Crippen molar-refractivity contribution in [3.05, 3.63) is 60.8 Å². The van der Waals surface area contributed by atoms with E-state index < -0.39 is 0 Å². The van der Waals surface area contributed by atoms with Gasteiger partial charge in [-0.25, -0.2) is 0 Å². The first-order valence-electron chi connectivity index (χ1n) is 6.59. The molecule has 0 bridgehead atoms. The van der Waals surface area contributed by atoms with Crippen LogP contribution in [0.4, 0.5) is 0 Å². The maximum atomic E-state index is 11.7. The summed E-state index contributed by atoms with van der Waals surface area (Å²) in [6.45, 7) is 1.06. The van der Waals surface area contributed by atoms with Gasteiger partial charge in [0.1, 0.15) is 5.69 Å². The Labute approximate surface area is 121 Å². The van der Waals surface area contributed by atoms with E-state index in [2.05, 4.69) is 15.4 Å². The average molecular weight is 282 g/mol. The monoisotopic (exact) mass is 282 g/mol. The van der Waals surface area contributed by atoms with Crippen molar-refractivity contribution in [2.45, 2.75) is 6.54 Å². The van der Waals surface area contributed by atoms with Gasteiger partial charge < -0.3 is 9.73 Å². The molecule has 0 aliphatic rings. The van der Waals surface area contributed by atoms with E-state index in [1.807, 2.05) is 30.5 Å². The number of furan rings is 1. The molecule has 0 aromatic carbocycles. The molecule has 3 aromatic rings. The van der Waals surface area contributed by atoms with Crippen molar-refractivity contribution in [1.29, 1.82) is 0 Å². The maximum Gasteiger partial charge on any atom is 0.287 e. The molecule has 0 aliphatic heterocycles. The zero-order valence-electron chi connectivity index (χ0n) is 11.3. The third-order valence-electron chi connectivity index (χ3n) is 2.94. The Morgan fingerprint density at radius 1 is 1.19 bits per heavy atom. The van der Waals surface area contributed by atoms with Crippen LogP contribution in [0.25, 0.3) is 11.4 Å². The highest BCUT2D eigenvalue weighted by Crippen LogP contribution is 2.12. The highest BCUT2D eigenvalue weighted by Gasteiger charge is 2.07. The predicted molar refractivity (Wildman–Crippen MR) is 76.5 cm³/mol. The molecule has 0 aliphatic carbocycles. The molecule has 0 fully saturated rings. The van der Waals surface area contributed by atoms with Crippen molar-refractivity contribution in [3.8, 4) is 11.4 Å². The summed E-state index contributed by atoms with van der Waals surface area (Å²) in [4.78, 5) is 15.9. The van der Waals surface area contributed by atoms with E-state index in [1.54, 1.807) is 23.0 Å². The number of aromatic nitrogens is 3. The second-order valence-electron chi connectivity index (χ2n) is 4.41. The molecule has 0 spiro atoms. The molecule has 0 saturated heterocycles. The number of nitrogens with one attached hydrogen (secondary N) is 1. The first-order chi connectivity index (χ1) is 10.3. The van der Waals surface area contributed by atoms with E-state index in [1.165, 1.54) is 6.26 Å². The van der Waals surface area contributed by atoms with Gasteiger partial charge in [0.2, 0.25) is 0 Å². The molecule has 1 amide bonds. The molecular formula is C15H14N4O2. The summed E-state index contributed by atoms with van der Waals surface area (Å²) in [5.74, 6) is 0.0849. The SMILES string of the molecule is O=C(NCCn1ccc(-c2ccccn2)n1)c1ccco1. The summed E-state index contributed by atoms with van der Waals surface area (Å²) < 4.78 is 6.79. The van der Waals surface area contributed by atoms with Crippen LogP contribution in [0.5, 0.6) is 0 Å². The molecule has 0 atom stereocenters. The van der Waals surface area contributed by atoms with Crippen LogP contribution in [0.2, 0.25) is 0 Å². The van der Waals surface area contributed by atoms with Gasteiger partial charge in [0.25, 0.3) is 5.91 Å².